The molecule has 0 aromatic rings. The lowest BCUT2D eigenvalue weighted by molar-refractivity contribution is -0.133. The Morgan fingerprint density at radius 3 is 2.73 bits per heavy atom. The number of hydrogen-bond acceptors (Lipinski definition) is 1. The molecule has 1 rings (SSSR count). The van der Waals surface area contributed by atoms with Gasteiger partial charge in [0, 0.05) is 5.57 Å². The minimum atomic E-state index is -0.724. The molecule has 2 nitrogen and oxygen atoms in total. The molecule has 1 N–H and O–H groups in total. The smallest absolute Gasteiger partial charge is 0.331 e. The molecule has 0 heterocycles. The first-order valence-electron chi connectivity index (χ1n) is 5.65. The van der Waals surface area contributed by atoms with Crippen molar-refractivity contribution in [3.05, 3.63) is 23.3 Å². The molecule has 0 aromatic heterocycles. The minimum Gasteiger partial charge on any atom is -0.478 e. The molecule has 0 aromatic carbocycles. The molecule has 2 heteroatoms. The topological polar surface area (TPSA) is 37.3 Å². The minimum absolute atomic E-state index is 0.495. The van der Waals surface area contributed by atoms with Crippen LogP contribution in [0.15, 0.2) is 23.3 Å². The molecule has 1 aliphatic rings. The predicted octanol–water partition coefficient (Wildman–Crippen LogP) is 3.54. The molecule has 0 bridgehead atoms. The maximum Gasteiger partial charge on any atom is 0.331 e. The Labute approximate surface area is 91.7 Å². The average Bonchev–Trinajstić information content (AvgIpc) is 2.17. The quantitative estimate of drug-likeness (QED) is 0.717. The van der Waals surface area contributed by atoms with Gasteiger partial charge in [-0.15, -0.1) is 0 Å². The number of allylic oxidation sites excluding steroid dienone is 2. The predicted molar refractivity (Wildman–Crippen MR) is 61.7 cm³/mol. The molecular formula is C13H20O2. The van der Waals surface area contributed by atoms with Gasteiger partial charge in [-0.25, -0.2) is 4.79 Å². The Morgan fingerprint density at radius 2 is 2.27 bits per heavy atom. The van der Waals surface area contributed by atoms with E-state index in [4.69, 9.17) is 5.11 Å². The molecule has 1 atom stereocenters. The number of carboxylic acid groups (broad SMARTS) is 1. The number of carbonyl (C=O) groups is 1. The molecule has 0 saturated heterocycles. The van der Waals surface area contributed by atoms with E-state index in [0.29, 0.717) is 17.9 Å². The van der Waals surface area contributed by atoms with Crippen LogP contribution in [0, 0.1) is 5.92 Å². The fourth-order valence-electron chi connectivity index (χ4n) is 2.25. The molecule has 0 aliphatic heterocycles. The highest BCUT2D eigenvalue weighted by atomic mass is 16.4. The van der Waals surface area contributed by atoms with Gasteiger partial charge in [0.25, 0.3) is 0 Å². The lowest BCUT2D eigenvalue weighted by Gasteiger charge is -2.26. The second-order valence-electron chi connectivity index (χ2n) is 4.42. The molecule has 0 radical (unpaired) electrons. The second kappa shape index (κ2) is 5.15. The largest absolute Gasteiger partial charge is 0.478 e. The van der Waals surface area contributed by atoms with Gasteiger partial charge >= 0.3 is 5.97 Å². The summed E-state index contributed by atoms with van der Waals surface area (Å²) in [6.45, 7) is 8.11. The molecule has 1 aliphatic carbocycles. The van der Waals surface area contributed by atoms with Crippen molar-refractivity contribution in [2.45, 2.75) is 46.0 Å². The summed E-state index contributed by atoms with van der Waals surface area (Å²) in [5.41, 5.74) is 2.99. The second-order valence-corrected chi connectivity index (χ2v) is 4.42. The number of carboxylic acids is 1. The number of rotatable bonds is 4. The van der Waals surface area contributed by atoms with Crippen molar-refractivity contribution in [1.82, 2.24) is 0 Å². The van der Waals surface area contributed by atoms with Gasteiger partial charge in [0.05, 0.1) is 0 Å². The highest BCUT2D eigenvalue weighted by Gasteiger charge is 2.24. The number of hydrogen-bond donors (Lipinski definition) is 1. The van der Waals surface area contributed by atoms with Crippen molar-refractivity contribution < 1.29 is 9.90 Å². The summed E-state index contributed by atoms with van der Waals surface area (Å²) in [7, 11) is 0. The fourth-order valence-corrected chi connectivity index (χ4v) is 2.25. The van der Waals surface area contributed by atoms with E-state index >= 15 is 0 Å². The zero-order chi connectivity index (χ0) is 11.4. The van der Waals surface area contributed by atoms with Crippen molar-refractivity contribution in [1.29, 1.82) is 0 Å². The molecule has 0 unspecified atom stereocenters. The summed E-state index contributed by atoms with van der Waals surface area (Å²) in [4.78, 5) is 11.0. The Morgan fingerprint density at radius 1 is 1.60 bits per heavy atom. The normalized spacial score (nSPS) is 21.6. The van der Waals surface area contributed by atoms with Crippen molar-refractivity contribution in [2.24, 2.45) is 5.92 Å². The van der Waals surface area contributed by atoms with Gasteiger partial charge < -0.3 is 5.11 Å². The van der Waals surface area contributed by atoms with Crippen LogP contribution in [0.1, 0.15) is 46.0 Å². The zero-order valence-corrected chi connectivity index (χ0v) is 9.68. The first kappa shape index (κ1) is 12.0. The molecule has 0 saturated carbocycles. The molecular weight excluding hydrogens is 188 g/mol. The van der Waals surface area contributed by atoms with Crippen LogP contribution in [0.5, 0.6) is 0 Å². The van der Waals surface area contributed by atoms with Gasteiger partial charge in [0.1, 0.15) is 0 Å². The molecule has 0 amide bonds. The van der Waals surface area contributed by atoms with Crippen LogP contribution in [0.25, 0.3) is 0 Å². The molecule has 0 fully saturated rings. The maximum atomic E-state index is 11.0. The lowest BCUT2D eigenvalue weighted by atomic mass is 9.79. The van der Waals surface area contributed by atoms with Crippen molar-refractivity contribution in [3.8, 4) is 0 Å². The molecule has 0 spiro atoms. The number of aliphatic carboxylic acids is 1. The summed E-state index contributed by atoms with van der Waals surface area (Å²) in [5, 5.41) is 9.08. The third-order valence-corrected chi connectivity index (χ3v) is 3.17. The molecule has 84 valence electrons. The Kier molecular flexibility index (Phi) is 4.13. The lowest BCUT2D eigenvalue weighted by Crippen LogP contribution is -2.16. The van der Waals surface area contributed by atoms with Crippen LogP contribution in [0.4, 0.5) is 0 Å². The van der Waals surface area contributed by atoms with E-state index in [0.717, 1.165) is 31.3 Å². The Bertz CT molecular complexity index is 300. The monoisotopic (exact) mass is 208 g/mol. The van der Waals surface area contributed by atoms with Gasteiger partial charge in [-0.3, -0.25) is 0 Å². The first-order chi connectivity index (χ1) is 7.06. The van der Waals surface area contributed by atoms with Crippen LogP contribution in [-0.2, 0) is 4.79 Å². The summed E-state index contributed by atoms with van der Waals surface area (Å²) in [6, 6.07) is 0. The summed E-state index contributed by atoms with van der Waals surface area (Å²) >= 11 is 0. The fraction of sp³-hybridized carbons (Fsp3) is 0.615. The van der Waals surface area contributed by atoms with E-state index < -0.39 is 5.97 Å². The van der Waals surface area contributed by atoms with Gasteiger partial charge in [0.15, 0.2) is 0 Å². The van der Waals surface area contributed by atoms with Crippen LogP contribution in [0.2, 0.25) is 0 Å². The van der Waals surface area contributed by atoms with E-state index in [-0.39, 0.29) is 0 Å². The Balaban J connectivity index is 2.85. The van der Waals surface area contributed by atoms with Crippen molar-refractivity contribution in [2.75, 3.05) is 0 Å². The van der Waals surface area contributed by atoms with Crippen molar-refractivity contribution >= 4 is 5.97 Å². The van der Waals surface area contributed by atoms with Crippen LogP contribution in [0.3, 0.4) is 0 Å². The third-order valence-electron chi connectivity index (χ3n) is 3.17. The van der Waals surface area contributed by atoms with Gasteiger partial charge in [-0.05, 0) is 38.5 Å². The van der Waals surface area contributed by atoms with Gasteiger partial charge in [-0.2, -0.15) is 0 Å². The van der Waals surface area contributed by atoms with Gasteiger partial charge in [0.2, 0.25) is 0 Å². The molecule has 15 heavy (non-hydrogen) atoms. The standard InChI is InChI=1S/C13H20O2/c1-4-5-11-8-10(9(2)3)6-7-12(11)13(14)15/h10H,2,4-8H2,1,3H3,(H,14,15)/t10-/m1/s1. The van der Waals surface area contributed by atoms with Crippen LogP contribution >= 0.6 is 0 Å². The maximum absolute atomic E-state index is 11.0. The van der Waals surface area contributed by atoms with E-state index in [1.165, 1.54) is 5.57 Å². The first-order valence-corrected chi connectivity index (χ1v) is 5.65. The van der Waals surface area contributed by atoms with Crippen molar-refractivity contribution in [3.63, 3.8) is 0 Å². The van der Waals surface area contributed by atoms with Crippen LogP contribution in [-0.4, -0.2) is 11.1 Å². The average molecular weight is 208 g/mol. The van der Waals surface area contributed by atoms with Crippen LogP contribution < -0.4 is 0 Å². The summed E-state index contributed by atoms with van der Waals surface area (Å²) in [6.07, 6.45) is 4.51. The summed E-state index contributed by atoms with van der Waals surface area (Å²) < 4.78 is 0. The van der Waals surface area contributed by atoms with E-state index in [1.807, 2.05) is 6.92 Å². The summed E-state index contributed by atoms with van der Waals surface area (Å²) in [5.74, 6) is -0.228. The van der Waals surface area contributed by atoms with E-state index in [9.17, 15) is 4.79 Å². The highest BCUT2D eigenvalue weighted by Crippen LogP contribution is 2.35. The third kappa shape index (κ3) is 2.95. The van der Waals surface area contributed by atoms with E-state index in [2.05, 4.69) is 13.5 Å². The highest BCUT2D eigenvalue weighted by molar-refractivity contribution is 5.87. The SMILES string of the molecule is C=C(C)[C@@H]1CCC(C(=O)O)=C(CCC)C1. The van der Waals surface area contributed by atoms with E-state index in [1.54, 1.807) is 0 Å². The Hall–Kier alpha value is -1.05. The van der Waals surface area contributed by atoms with Gasteiger partial charge in [-0.1, -0.05) is 31.1 Å². The zero-order valence-electron chi connectivity index (χ0n) is 9.68.